The first-order valence-corrected chi connectivity index (χ1v) is 9.58. The van der Waals surface area contributed by atoms with Gasteiger partial charge in [0, 0.05) is 31.1 Å². The van der Waals surface area contributed by atoms with Crippen molar-refractivity contribution in [2.24, 2.45) is 0 Å². The van der Waals surface area contributed by atoms with Crippen LogP contribution < -0.4 is 5.32 Å². The second-order valence-electron chi connectivity index (χ2n) is 6.61. The molecule has 1 atom stereocenters. The van der Waals surface area contributed by atoms with Gasteiger partial charge < -0.3 is 10.1 Å². The monoisotopic (exact) mass is 390 g/mol. The number of benzene rings is 2. The number of hydrogen-bond acceptors (Lipinski definition) is 3. The topological polar surface area (TPSA) is 41.6 Å². The molecule has 0 spiro atoms. The van der Waals surface area contributed by atoms with E-state index in [1.807, 2.05) is 24.3 Å². The van der Waals surface area contributed by atoms with Gasteiger partial charge in [-0.2, -0.15) is 0 Å². The molecule has 1 aliphatic rings. The van der Waals surface area contributed by atoms with Gasteiger partial charge in [-0.1, -0.05) is 41.9 Å². The minimum atomic E-state index is -0.261. The molecule has 0 saturated carbocycles. The van der Waals surface area contributed by atoms with Gasteiger partial charge in [0.05, 0.1) is 19.3 Å². The fourth-order valence-electron chi connectivity index (χ4n) is 3.28. The van der Waals surface area contributed by atoms with Crippen molar-refractivity contribution in [2.45, 2.75) is 18.9 Å². The van der Waals surface area contributed by atoms with Crippen molar-refractivity contribution in [3.05, 3.63) is 70.5 Å². The lowest BCUT2D eigenvalue weighted by molar-refractivity contribution is -0.121. The molecule has 0 bridgehead atoms. The molecule has 6 heteroatoms. The summed E-state index contributed by atoms with van der Waals surface area (Å²) in [5.41, 5.74) is 1.96. The highest BCUT2D eigenvalue weighted by Gasteiger charge is 2.23. The van der Waals surface area contributed by atoms with Gasteiger partial charge in [0.15, 0.2) is 0 Å². The summed E-state index contributed by atoms with van der Waals surface area (Å²) in [5.74, 6) is -0.279. The summed E-state index contributed by atoms with van der Waals surface area (Å²) in [6, 6.07) is 14.0. The van der Waals surface area contributed by atoms with Crippen molar-refractivity contribution in [3.63, 3.8) is 0 Å². The van der Waals surface area contributed by atoms with Gasteiger partial charge in [0.25, 0.3) is 0 Å². The van der Waals surface area contributed by atoms with Crippen LogP contribution in [0.3, 0.4) is 0 Å². The average Bonchev–Trinajstić information content (AvgIpc) is 2.69. The van der Waals surface area contributed by atoms with Gasteiger partial charge in [-0.3, -0.25) is 9.69 Å². The Morgan fingerprint density at radius 3 is 2.56 bits per heavy atom. The molecule has 1 unspecified atom stereocenters. The number of rotatable bonds is 7. The van der Waals surface area contributed by atoms with Crippen LogP contribution in [0.15, 0.2) is 48.5 Å². The Morgan fingerprint density at radius 1 is 1.15 bits per heavy atom. The van der Waals surface area contributed by atoms with Crippen molar-refractivity contribution in [1.29, 1.82) is 0 Å². The maximum Gasteiger partial charge on any atom is 0.220 e. The van der Waals surface area contributed by atoms with Gasteiger partial charge >= 0.3 is 0 Å². The van der Waals surface area contributed by atoms with Gasteiger partial charge in [-0.05, 0) is 35.7 Å². The van der Waals surface area contributed by atoms with Crippen molar-refractivity contribution >= 4 is 17.5 Å². The van der Waals surface area contributed by atoms with E-state index in [4.69, 9.17) is 16.3 Å². The summed E-state index contributed by atoms with van der Waals surface area (Å²) in [4.78, 5) is 14.6. The summed E-state index contributed by atoms with van der Waals surface area (Å²) in [5, 5.41) is 3.71. The molecule has 1 saturated heterocycles. The van der Waals surface area contributed by atoms with E-state index in [0.29, 0.717) is 37.6 Å². The Bertz CT molecular complexity index is 748. The Hall–Kier alpha value is -1.95. The fourth-order valence-corrected chi connectivity index (χ4v) is 3.51. The third-order valence-corrected chi connectivity index (χ3v) is 5.18. The van der Waals surface area contributed by atoms with Crippen molar-refractivity contribution < 1.29 is 13.9 Å². The second kappa shape index (κ2) is 9.83. The molecule has 1 fully saturated rings. The predicted octanol–water partition coefficient (Wildman–Crippen LogP) is 3.60. The van der Waals surface area contributed by atoms with E-state index in [2.05, 4.69) is 10.2 Å². The number of nitrogens with one attached hydrogen (secondary N) is 1. The first kappa shape index (κ1) is 19.8. The lowest BCUT2D eigenvalue weighted by Gasteiger charge is -2.35. The van der Waals surface area contributed by atoms with Crippen LogP contribution in [-0.4, -0.2) is 43.7 Å². The van der Waals surface area contributed by atoms with Crippen LogP contribution in [-0.2, 0) is 16.0 Å². The lowest BCUT2D eigenvalue weighted by atomic mass is 10.0. The molecule has 1 aliphatic heterocycles. The van der Waals surface area contributed by atoms with E-state index in [9.17, 15) is 9.18 Å². The maximum atomic E-state index is 13.3. The summed E-state index contributed by atoms with van der Waals surface area (Å²) in [7, 11) is 0. The first-order valence-electron chi connectivity index (χ1n) is 9.21. The Labute approximate surface area is 164 Å². The van der Waals surface area contributed by atoms with Crippen LogP contribution in [0.5, 0.6) is 0 Å². The van der Waals surface area contributed by atoms with Crippen molar-refractivity contribution in [3.8, 4) is 0 Å². The standard InChI is InChI=1S/C21H24ClFN2O2/c22-19-4-2-1-3-16(19)7-10-21(26)24-15-20(25-11-13-27-14-12-25)17-5-8-18(23)9-6-17/h1-6,8-9,20H,7,10-15H2,(H,24,26). The van der Waals surface area contributed by atoms with Crippen molar-refractivity contribution in [1.82, 2.24) is 10.2 Å². The highest BCUT2D eigenvalue weighted by Crippen LogP contribution is 2.22. The van der Waals surface area contributed by atoms with E-state index < -0.39 is 0 Å². The van der Waals surface area contributed by atoms with E-state index in [1.165, 1.54) is 12.1 Å². The quantitative estimate of drug-likeness (QED) is 0.785. The minimum Gasteiger partial charge on any atom is -0.379 e. The third kappa shape index (κ3) is 5.76. The van der Waals surface area contributed by atoms with Crippen LogP contribution in [0.4, 0.5) is 4.39 Å². The van der Waals surface area contributed by atoms with Crippen LogP contribution in [0.1, 0.15) is 23.6 Å². The Balaban J connectivity index is 1.59. The summed E-state index contributed by atoms with van der Waals surface area (Å²) < 4.78 is 18.7. The molecule has 2 aromatic carbocycles. The molecule has 0 aliphatic carbocycles. The van der Waals surface area contributed by atoms with E-state index >= 15 is 0 Å². The molecule has 0 radical (unpaired) electrons. The summed E-state index contributed by atoms with van der Waals surface area (Å²) in [6.45, 7) is 3.39. The SMILES string of the molecule is O=C(CCc1ccccc1Cl)NCC(c1ccc(F)cc1)N1CCOCC1. The minimum absolute atomic E-state index is 0.00115. The van der Waals surface area contributed by atoms with Gasteiger partial charge in [0.1, 0.15) is 5.82 Å². The van der Waals surface area contributed by atoms with Crippen LogP contribution >= 0.6 is 11.6 Å². The number of morpholine rings is 1. The highest BCUT2D eigenvalue weighted by molar-refractivity contribution is 6.31. The van der Waals surface area contributed by atoms with Crippen LogP contribution in [0.2, 0.25) is 5.02 Å². The van der Waals surface area contributed by atoms with Crippen molar-refractivity contribution in [2.75, 3.05) is 32.8 Å². The van der Waals surface area contributed by atoms with Crippen LogP contribution in [0, 0.1) is 5.82 Å². The number of ether oxygens (including phenoxy) is 1. The molecular weight excluding hydrogens is 367 g/mol. The van der Waals surface area contributed by atoms with Gasteiger partial charge in [0.2, 0.25) is 5.91 Å². The number of carbonyl (C=O) groups is 1. The molecule has 4 nitrogen and oxygen atoms in total. The molecule has 0 aromatic heterocycles. The molecule has 2 aromatic rings. The van der Waals surface area contributed by atoms with E-state index in [1.54, 1.807) is 12.1 Å². The number of hydrogen-bond donors (Lipinski definition) is 1. The number of amides is 1. The zero-order chi connectivity index (χ0) is 19.1. The molecule has 27 heavy (non-hydrogen) atoms. The summed E-state index contributed by atoms with van der Waals surface area (Å²) >= 11 is 6.15. The molecule has 1 amide bonds. The van der Waals surface area contributed by atoms with E-state index in [0.717, 1.165) is 24.2 Å². The number of halogens is 2. The third-order valence-electron chi connectivity index (χ3n) is 4.81. The molecule has 1 heterocycles. The summed E-state index contributed by atoms with van der Waals surface area (Å²) in [6.07, 6.45) is 0.979. The molecule has 144 valence electrons. The lowest BCUT2D eigenvalue weighted by Crippen LogP contribution is -2.43. The Kier molecular flexibility index (Phi) is 7.21. The highest BCUT2D eigenvalue weighted by atomic mass is 35.5. The Morgan fingerprint density at radius 2 is 1.85 bits per heavy atom. The zero-order valence-corrected chi connectivity index (χ0v) is 15.9. The predicted molar refractivity (Wildman–Crippen MR) is 104 cm³/mol. The van der Waals surface area contributed by atoms with Crippen LogP contribution in [0.25, 0.3) is 0 Å². The maximum absolute atomic E-state index is 13.3. The fraction of sp³-hybridized carbons (Fsp3) is 0.381. The van der Waals surface area contributed by atoms with Gasteiger partial charge in [-0.15, -0.1) is 0 Å². The second-order valence-corrected chi connectivity index (χ2v) is 7.02. The normalized spacial score (nSPS) is 16.1. The number of aryl methyl sites for hydroxylation is 1. The molecular formula is C21H24ClFN2O2. The smallest absolute Gasteiger partial charge is 0.220 e. The number of nitrogens with zero attached hydrogens (tertiary/aromatic N) is 1. The van der Waals surface area contributed by atoms with E-state index in [-0.39, 0.29) is 17.8 Å². The number of carbonyl (C=O) groups excluding carboxylic acids is 1. The molecule has 3 rings (SSSR count). The average molecular weight is 391 g/mol. The largest absolute Gasteiger partial charge is 0.379 e. The molecule has 1 N–H and O–H groups in total. The van der Waals surface area contributed by atoms with Gasteiger partial charge in [-0.25, -0.2) is 4.39 Å². The zero-order valence-electron chi connectivity index (χ0n) is 15.2. The first-order chi connectivity index (χ1) is 13.1.